The van der Waals surface area contributed by atoms with E-state index < -0.39 is 0 Å². The normalized spacial score (nSPS) is 43.7. The van der Waals surface area contributed by atoms with E-state index in [1.807, 2.05) is 12.2 Å². The second-order valence-electron chi connectivity index (χ2n) is 6.17. The molecule has 1 saturated heterocycles. The zero-order valence-electron chi connectivity index (χ0n) is 10.9. The van der Waals surface area contributed by atoms with E-state index in [4.69, 9.17) is 0 Å². The summed E-state index contributed by atoms with van der Waals surface area (Å²) in [5, 5.41) is 9.68. The summed E-state index contributed by atoms with van der Waals surface area (Å²) < 4.78 is 0. The van der Waals surface area contributed by atoms with Gasteiger partial charge in [-0.25, -0.2) is 0 Å². The molecule has 100 valence electrons. The summed E-state index contributed by atoms with van der Waals surface area (Å²) in [6.45, 7) is 2.16. The lowest BCUT2D eigenvalue weighted by atomic mass is 9.77. The summed E-state index contributed by atoms with van der Waals surface area (Å²) in [4.78, 5) is 0. The van der Waals surface area contributed by atoms with Crippen LogP contribution >= 0.6 is 0 Å². The standard InChI is InChI=1S/C16H20N2O/c19-12-4-5-13-10(6-12)2-1-3-14-15(13)7-11-8-17-18-9-16(11)14/h1-6,11,13-19H,7-9H2. The minimum Gasteiger partial charge on any atom is -0.508 e. The van der Waals surface area contributed by atoms with Crippen molar-refractivity contribution in [2.75, 3.05) is 13.1 Å². The second kappa shape index (κ2) is 4.36. The molecule has 0 amide bonds. The third-order valence-electron chi connectivity index (χ3n) is 5.25. The molecule has 0 bridgehead atoms. The van der Waals surface area contributed by atoms with Crippen molar-refractivity contribution in [2.45, 2.75) is 6.42 Å². The van der Waals surface area contributed by atoms with Gasteiger partial charge in [-0.2, -0.15) is 0 Å². The van der Waals surface area contributed by atoms with Crippen molar-refractivity contribution in [3.8, 4) is 0 Å². The highest BCUT2D eigenvalue weighted by atomic mass is 16.3. The quantitative estimate of drug-likeness (QED) is 0.622. The van der Waals surface area contributed by atoms with E-state index in [9.17, 15) is 5.11 Å². The highest BCUT2D eigenvalue weighted by Gasteiger charge is 2.46. The molecule has 4 rings (SSSR count). The van der Waals surface area contributed by atoms with E-state index in [1.54, 1.807) is 0 Å². The number of hydrogen-bond acceptors (Lipinski definition) is 3. The van der Waals surface area contributed by atoms with E-state index in [0.29, 0.717) is 23.5 Å². The Kier molecular flexibility index (Phi) is 2.64. The van der Waals surface area contributed by atoms with Gasteiger partial charge in [0, 0.05) is 19.0 Å². The smallest absolute Gasteiger partial charge is 0.115 e. The molecule has 0 radical (unpaired) electrons. The minimum atomic E-state index is 0.382. The van der Waals surface area contributed by atoms with Crippen molar-refractivity contribution in [3.05, 3.63) is 47.8 Å². The first-order chi connectivity index (χ1) is 9.33. The highest BCUT2D eigenvalue weighted by molar-refractivity contribution is 5.40. The van der Waals surface area contributed by atoms with Crippen LogP contribution in [-0.2, 0) is 0 Å². The van der Waals surface area contributed by atoms with Crippen LogP contribution in [0.2, 0.25) is 0 Å². The van der Waals surface area contributed by atoms with Crippen LogP contribution in [0.25, 0.3) is 0 Å². The molecule has 1 aliphatic heterocycles. The number of hydrogen-bond donors (Lipinski definition) is 3. The van der Waals surface area contributed by atoms with Gasteiger partial charge in [-0.15, -0.1) is 0 Å². The van der Waals surface area contributed by atoms with Crippen LogP contribution in [0.3, 0.4) is 0 Å². The topological polar surface area (TPSA) is 44.3 Å². The van der Waals surface area contributed by atoms with Crippen LogP contribution < -0.4 is 10.9 Å². The molecule has 5 unspecified atom stereocenters. The van der Waals surface area contributed by atoms with Crippen molar-refractivity contribution in [1.82, 2.24) is 10.9 Å². The first-order valence-corrected chi connectivity index (χ1v) is 7.26. The van der Waals surface area contributed by atoms with Gasteiger partial charge in [0.1, 0.15) is 5.76 Å². The Bertz CT molecular complexity index is 503. The molecular weight excluding hydrogens is 236 g/mol. The molecular formula is C16H20N2O. The maximum atomic E-state index is 9.68. The van der Waals surface area contributed by atoms with E-state index in [2.05, 4.69) is 35.2 Å². The Morgan fingerprint density at radius 2 is 2.00 bits per heavy atom. The van der Waals surface area contributed by atoms with Gasteiger partial charge in [-0.3, -0.25) is 10.9 Å². The molecule has 1 saturated carbocycles. The van der Waals surface area contributed by atoms with Gasteiger partial charge in [0.2, 0.25) is 0 Å². The number of rotatable bonds is 0. The summed E-state index contributed by atoms with van der Waals surface area (Å²) >= 11 is 0. The fourth-order valence-corrected chi connectivity index (χ4v) is 4.39. The maximum absolute atomic E-state index is 9.68. The van der Waals surface area contributed by atoms with Gasteiger partial charge >= 0.3 is 0 Å². The first kappa shape index (κ1) is 11.5. The Morgan fingerprint density at radius 3 is 2.95 bits per heavy atom. The second-order valence-corrected chi connectivity index (χ2v) is 6.17. The van der Waals surface area contributed by atoms with Crippen molar-refractivity contribution >= 4 is 0 Å². The average molecular weight is 256 g/mol. The summed E-state index contributed by atoms with van der Waals surface area (Å²) in [7, 11) is 0. The van der Waals surface area contributed by atoms with Gasteiger partial charge in [-0.1, -0.05) is 24.3 Å². The van der Waals surface area contributed by atoms with Crippen LogP contribution in [0, 0.1) is 29.6 Å². The number of aliphatic hydroxyl groups is 1. The van der Waals surface area contributed by atoms with Crippen LogP contribution in [-0.4, -0.2) is 18.2 Å². The molecule has 0 aromatic rings. The predicted molar refractivity (Wildman–Crippen MR) is 75.1 cm³/mol. The molecule has 5 atom stereocenters. The van der Waals surface area contributed by atoms with Crippen molar-refractivity contribution in [3.63, 3.8) is 0 Å². The fraction of sp³-hybridized carbons (Fsp3) is 0.500. The lowest BCUT2D eigenvalue weighted by molar-refractivity contribution is 0.238. The highest BCUT2D eigenvalue weighted by Crippen LogP contribution is 2.50. The molecule has 3 nitrogen and oxygen atoms in total. The summed E-state index contributed by atoms with van der Waals surface area (Å²) in [5.74, 6) is 3.74. The number of fused-ring (bicyclic) bond motifs is 5. The zero-order valence-corrected chi connectivity index (χ0v) is 10.9. The molecule has 3 heteroatoms. The van der Waals surface area contributed by atoms with E-state index >= 15 is 0 Å². The lowest BCUT2D eigenvalue weighted by Gasteiger charge is -2.30. The fourth-order valence-electron chi connectivity index (χ4n) is 4.39. The predicted octanol–water partition coefficient (Wildman–Crippen LogP) is 2.09. The van der Waals surface area contributed by atoms with E-state index in [-0.39, 0.29) is 0 Å². The molecule has 3 N–H and O–H groups in total. The van der Waals surface area contributed by atoms with Crippen LogP contribution in [0.1, 0.15) is 6.42 Å². The van der Waals surface area contributed by atoms with Gasteiger partial charge in [-0.05, 0) is 47.8 Å². The third-order valence-corrected chi connectivity index (χ3v) is 5.25. The van der Waals surface area contributed by atoms with Gasteiger partial charge < -0.3 is 5.11 Å². The first-order valence-electron chi connectivity index (χ1n) is 7.26. The SMILES string of the molecule is OC1=CC2=CC=CC3C4CNNCC4CC3C2C=C1. The molecule has 1 heterocycles. The van der Waals surface area contributed by atoms with Crippen LogP contribution in [0.5, 0.6) is 0 Å². The number of allylic oxidation sites excluding steroid dienone is 7. The Hall–Kier alpha value is -1.32. The Labute approximate surface area is 113 Å². The van der Waals surface area contributed by atoms with E-state index in [0.717, 1.165) is 24.9 Å². The molecule has 2 fully saturated rings. The Balaban J connectivity index is 1.68. The van der Waals surface area contributed by atoms with E-state index in [1.165, 1.54) is 12.0 Å². The molecule has 4 aliphatic rings. The molecule has 3 aliphatic carbocycles. The van der Waals surface area contributed by atoms with Crippen molar-refractivity contribution in [1.29, 1.82) is 0 Å². The number of hydrazine groups is 1. The number of aliphatic hydroxyl groups excluding tert-OH is 1. The Morgan fingerprint density at radius 1 is 1.11 bits per heavy atom. The number of nitrogens with one attached hydrogen (secondary N) is 2. The average Bonchev–Trinajstić information content (AvgIpc) is 2.69. The lowest BCUT2D eigenvalue weighted by Crippen LogP contribution is -2.47. The molecule has 0 aromatic heterocycles. The monoisotopic (exact) mass is 256 g/mol. The van der Waals surface area contributed by atoms with Gasteiger partial charge in [0.15, 0.2) is 0 Å². The minimum absolute atomic E-state index is 0.382. The zero-order chi connectivity index (χ0) is 12.8. The molecule has 0 spiro atoms. The summed E-state index contributed by atoms with van der Waals surface area (Å²) in [5.41, 5.74) is 7.89. The van der Waals surface area contributed by atoms with Crippen LogP contribution in [0.4, 0.5) is 0 Å². The van der Waals surface area contributed by atoms with Crippen LogP contribution in [0.15, 0.2) is 47.8 Å². The van der Waals surface area contributed by atoms with Crippen molar-refractivity contribution < 1.29 is 5.11 Å². The third kappa shape index (κ3) is 1.80. The van der Waals surface area contributed by atoms with Gasteiger partial charge in [0.25, 0.3) is 0 Å². The largest absolute Gasteiger partial charge is 0.508 e. The summed E-state index contributed by atoms with van der Waals surface area (Å²) in [6.07, 6.45) is 14.0. The van der Waals surface area contributed by atoms with Crippen molar-refractivity contribution in [2.24, 2.45) is 29.6 Å². The molecule has 19 heavy (non-hydrogen) atoms. The maximum Gasteiger partial charge on any atom is 0.115 e. The summed E-state index contributed by atoms with van der Waals surface area (Å²) in [6, 6.07) is 0. The molecule has 0 aromatic carbocycles. The van der Waals surface area contributed by atoms with Gasteiger partial charge in [0.05, 0.1) is 0 Å².